The molecule has 3 aromatic rings. The van der Waals surface area contributed by atoms with Crippen molar-refractivity contribution in [3.05, 3.63) is 54.2 Å². The average molecular weight is 389 g/mol. The molecule has 3 heterocycles. The molecule has 0 radical (unpaired) electrons. The molecule has 0 unspecified atom stereocenters. The molecule has 7 nitrogen and oxygen atoms in total. The first-order valence-electron chi connectivity index (χ1n) is 9.87. The second-order valence-electron chi connectivity index (χ2n) is 7.28. The Bertz CT molecular complexity index is 1020. The van der Waals surface area contributed by atoms with Gasteiger partial charge in [0.1, 0.15) is 5.82 Å². The second-order valence-corrected chi connectivity index (χ2v) is 7.28. The number of fused-ring (bicyclic) bond motifs is 1. The lowest BCUT2D eigenvalue weighted by Crippen LogP contribution is -2.17. The van der Waals surface area contributed by atoms with Crippen molar-refractivity contribution < 1.29 is 9.47 Å². The number of benzene rings is 2. The molecular formula is C22H23N5O2. The van der Waals surface area contributed by atoms with Crippen LogP contribution in [0.2, 0.25) is 0 Å². The highest BCUT2D eigenvalue weighted by Gasteiger charge is 2.14. The van der Waals surface area contributed by atoms with E-state index in [1.54, 1.807) is 0 Å². The summed E-state index contributed by atoms with van der Waals surface area (Å²) in [6.07, 6.45) is 2.55. The van der Waals surface area contributed by atoms with Gasteiger partial charge in [-0.3, -0.25) is 0 Å². The van der Waals surface area contributed by atoms with E-state index in [0.717, 1.165) is 47.5 Å². The molecule has 2 aliphatic heterocycles. The number of aryl methyl sites for hydroxylation is 1. The lowest BCUT2D eigenvalue weighted by molar-refractivity contribution is 0.174. The smallest absolute Gasteiger partial charge is 0.231 e. The fraction of sp³-hybridized carbons (Fsp3) is 0.273. The topological polar surface area (TPSA) is 71.5 Å². The molecule has 1 fully saturated rings. The second kappa shape index (κ2) is 7.50. The van der Waals surface area contributed by atoms with Crippen molar-refractivity contribution in [2.45, 2.75) is 19.8 Å². The van der Waals surface area contributed by atoms with Crippen LogP contribution in [0.15, 0.2) is 48.5 Å². The van der Waals surface area contributed by atoms with Crippen molar-refractivity contribution in [2.24, 2.45) is 0 Å². The minimum absolute atomic E-state index is 0.254. The summed E-state index contributed by atoms with van der Waals surface area (Å²) < 4.78 is 10.8. The van der Waals surface area contributed by atoms with E-state index < -0.39 is 0 Å². The van der Waals surface area contributed by atoms with Gasteiger partial charge in [-0.1, -0.05) is 0 Å². The summed E-state index contributed by atoms with van der Waals surface area (Å²) in [6, 6.07) is 16.1. The minimum atomic E-state index is 0.254. The number of hydrogen-bond donors (Lipinski definition) is 2. The molecule has 2 aliphatic rings. The number of hydrogen-bond acceptors (Lipinski definition) is 7. The normalized spacial score (nSPS) is 14.9. The molecule has 0 spiro atoms. The predicted molar refractivity (Wildman–Crippen MR) is 114 cm³/mol. The van der Waals surface area contributed by atoms with Crippen molar-refractivity contribution in [2.75, 3.05) is 35.4 Å². The number of anilines is 5. The lowest BCUT2D eigenvalue weighted by Gasteiger charge is -2.18. The average Bonchev–Trinajstić information content (AvgIpc) is 3.40. The maximum absolute atomic E-state index is 5.43. The highest BCUT2D eigenvalue weighted by Crippen LogP contribution is 2.35. The van der Waals surface area contributed by atoms with Gasteiger partial charge in [0.25, 0.3) is 0 Å². The number of ether oxygens (including phenoxy) is 2. The van der Waals surface area contributed by atoms with Crippen LogP contribution >= 0.6 is 0 Å². The molecule has 2 aromatic carbocycles. The van der Waals surface area contributed by atoms with Crippen LogP contribution in [0.3, 0.4) is 0 Å². The van der Waals surface area contributed by atoms with Gasteiger partial charge in [-0.25, -0.2) is 4.98 Å². The SMILES string of the molecule is Cc1cc(Nc2ccc(N3CCCC3)cc2)nc(Nc2ccc3c(c2)OCO3)n1. The van der Waals surface area contributed by atoms with Gasteiger partial charge in [0.2, 0.25) is 12.7 Å². The fourth-order valence-electron chi connectivity index (χ4n) is 3.67. The van der Waals surface area contributed by atoms with Crippen molar-refractivity contribution in [3.63, 3.8) is 0 Å². The zero-order chi connectivity index (χ0) is 19.6. The molecular weight excluding hydrogens is 366 g/mol. The number of nitrogens with one attached hydrogen (secondary N) is 2. The van der Waals surface area contributed by atoms with E-state index >= 15 is 0 Å². The van der Waals surface area contributed by atoms with Gasteiger partial charge in [0.05, 0.1) is 0 Å². The predicted octanol–water partition coefficient (Wildman–Crippen LogP) is 4.60. The molecule has 0 amide bonds. The Morgan fingerprint density at radius 1 is 0.828 bits per heavy atom. The minimum Gasteiger partial charge on any atom is -0.454 e. The maximum Gasteiger partial charge on any atom is 0.231 e. The summed E-state index contributed by atoms with van der Waals surface area (Å²) in [5.41, 5.74) is 4.00. The molecule has 0 saturated carbocycles. The van der Waals surface area contributed by atoms with Crippen molar-refractivity contribution in [3.8, 4) is 11.5 Å². The van der Waals surface area contributed by atoms with Crippen LogP contribution in [0.25, 0.3) is 0 Å². The van der Waals surface area contributed by atoms with Crippen molar-refractivity contribution in [1.82, 2.24) is 9.97 Å². The summed E-state index contributed by atoms with van der Waals surface area (Å²) in [5.74, 6) is 2.74. The first kappa shape index (κ1) is 17.6. The molecule has 148 valence electrons. The van der Waals surface area contributed by atoms with Gasteiger partial charge in [0.15, 0.2) is 11.5 Å². The summed E-state index contributed by atoms with van der Waals surface area (Å²) in [6.45, 7) is 4.50. The van der Waals surface area contributed by atoms with Crippen LogP contribution in [-0.4, -0.2) is 29.9 Å². The van der Waals surface area contributed by atoms with E-state index in [1.165, 1.54) is 18.5 Å². The van der Waals surface area contributed by atoms with Crippen LogP contribution in [0.4, 0.5) is 28.8 Å². The van der Waals surface area contributed by atoms with Crippen LogP contribution in [0, 0.1) is 6.92 Å². The quantitative estimate of drug-likeness (QED) is 0.661. The Kier molecular flexibility index (Phi) is 4.56. The van der Waals surface area contributed by atoms with E-state index in [1.807, 2.05) is 31.2 Å². The Morgan fingerprint density at radius 2 is 1.59 bits per heavy atom. The standard InChI is InChI=1S/C22H23N5O2/c1-15-12-21(24-16-4-7-18(8-5-16)27-10-2-3-11-27)26-22(23-15)25-17-6-9-19-20(13-17)29-14-28-19/h4-9,12-13H,2-3,10-11,14H2,1H3,(H2,23,24,25,26). The first-order valence-corrected chi connectivity index (χ1v) is 9.87. The Labute approximate surface area is 169 Å². The largest absolute Gasteiger partial charge is 0.454 e. The van der Waals surface area contributed by atoms with E-state index in [2.05, 4.69) is 49.8 Å². The lowest BCUT2D eigenvalue weighted by atomic mass is 10.2. The van der Waals surface area contributed by atoms with Gasteiger partial charge >= 0.3 is 0 Å². The van der Waals surface area contributed by atoms with Crippen LogP contribution in [0.1, 0.15) is 18.5 Å². The van der Waals surface area contributed by atoms with E-state index in [9.17, 15) is 0 Å². The van der Waals surface area contributed by atoms with Gasteiger partial charge in [0, 0.05) is 48.0 Å². The molecule has 0 aliphatic carbocycles. The maximum atomic E-state index is 5.43. The summed E-state index contributed by atoms with van der Waals surface area (Å²) >= 11 is 0. The van der Waals surface area contributed by atoms with Gasteiger partial charge in [-0.05, 0) is 56.2 Å². The Morgan fingerprint density at radius 3 is 2.41 bits per heavy atom. The van der Waals surface area contributed by atoms with Crippen molar-refractivity contribution >= 4 is 28.8 Å². The zero-order valence-corrected chi connectivity index (χ0v) is 16.3. The van der Waals surface area contributed by atoms with Crippen LogP contribution < -0.4 is 25.0 Å². The summed E-state index contributed by atoms with van der Waals surface area (Å²) in [7, 11) is 0. The Balaban J connectivity index is 1.31. The third kappa shape index (κ3) is 3.89. The van der Waals surface area contributed by atoms with Gasteiger partial charge < -0.3 is 25.0 Å². The molecule has 1 saturated heterocycles. The highest BCUT2D eigenvalue weighted by atomic mass is 16.7. The molecule has 2 N–H and O–H groups in total. The van der Waals surface area contributed by atoms with E-state index in [-0.39, 0.29) is 6.79 Å². The van der Waals surface area contributed by atoms with E-state index in [0.29, 0.717) is 5.95 Å². The number of rotatable bonds is 5. The first-order chi connectivity index (χ1) is 14.2. The third-order valence-electron chi connectivity index (χ3n) is 5.09. The van der Waals surface area contributed by atoms with E-state index in [4.69, 9.17) is 9.47 Å². The Hall–Kier alpha value is -3.48. The van der Waals surface area contributed by atoms with Crippen LogP contribution in [0.5, 0.6) is 11.5 Å². The number of nitrogens with zero attached hydrogens (tertiary/aromatic N) is 3. The van der Waals surface area contributed by atoms with Crippen molar-refractivity contribution in [1.29, 1.82) is 0 Å². The number of aromatic nitrogens is 2. The third-order valence-corrected chi connectivity index (χ3v) is 5.09. The molecule has 29 heavy (non-hydrogen) atoms. The summed E-state index contributed by atoms with van der Waals surface area (Å²) in [4.78, 5) is 11.5. The van der Waals surface area contributed by atoms with Gasteiger partial charge in [-0.2, -0.15) is 4.98 Å². The molecule has 0 atom stereocenters. The summed E-state index contributed by atoms with van der Waals surface area (Å²) in [5, 5.41) is 6.62. The molecule has 7 heteroatoms. The van der Waals surface area contributed by atoms with Crippen LogP contribution in [-0.2, 0) is 0 Å². The molecule has 1 aromatic heterocycles. The fourth-order valence-corrected chi connectivity index (χ4v) is 3.67. The highest BCUT2D eigenvalue weighted by molar-refractivity contribution is 5.64. The molecule has 0 bridgehead atoms. The molecule has 5 rings (SSSR count). The monoisotopic (exact) mass is 389 g/mol. The van der Waals surface area contributed by atoms with Gasteiger partial charge in [-0.15, -0.1) is 0 Å². The zero-order valence-electron chi connectivity index (χ0n) is 16.3.